The van der Waals surface area contributed by atoms with Gasteiger partial charge in [0.1, 0.15) is 0 Å². The summed E-state index contributed by atoms with van der Waals surface area (Å²) in [6, 6.07) is 22.4. The number of aromatic nitrogens is 3. The van der Waals surface area contributed by atoms with Gasteiger partial charge in [-0.05, 0) is 36.4 Å². The number of anilines is 2. The minimum Gasteiger partial charge on any atom is -0.354 e. The summed E-state index contributed by atoms with van der Waals surface area (Å²) < 4.78 is 6.92. The lowest BCUT2D eigenvalue weighted by Gasteiger charge is -2.15. The van der Waals surface area contributed by atoms with Crippen molar-refractivity contribution in [2.75, 3.05) is 5.32 Å². The molecule has 3 aromatic carbocycles. The van der Waals surface area contributed by atoms with E-state index >= 15 is 0 Å². The van der Waals surface area contributed by atoms with Gasteiger partial charge in [0.15, 0.2) is 5.58 Å². The molecule has 0 fully saturated rings. The summed E-state index contributed by atoms with van der Waals surface area (Å²) in [4.78, 5) is 17.9. The quantitative estimate of drug-likeness (QED) is 0.524. The Morgan fingerprint density at radius 1 is 0.889 bits per heavy atom. The van der Waals surface area contributed by atoms with Gasteiger partial charge in [-0.2, -0.15) is 0 Å². The Morgan fingerprint density at radius 2 is 1.70 bits per heavy atom. The maximum Gasteiger partial charge on any atom is 0.267 e. The Balaban J connectivity index is 1.78. The van der Waals surface area contributed by atoms with Crippen LogP contribution in [-0.2, 0) is 0 Å². The van der Waals surface area contributed by atoms with Crippen molar-refractivity contribution in [1.82, 2.24) is 14.7 Å². The maximum absolute atomic E-state index is 13.2. The van der Waals surface area contributed by atoms with Gasteiger partial charge >= 0.3 is 0 Å². The molecule has 0 amide bonds. The molecule has 130 valence electrons. The lowest BCUT2D eigenvalue weighted by Crippen LogP contribution is -2.22. The second-order valence-electron chi connectivity index (χ2n) is 6.10. The Hall–Kier alpha value is -3.93. The SMILES string of the molecule is O=c1c2ccccc2nc(Nc2cccc3cnoc23)n1-c1ccccc1. The van der Waals surface area contributed by atoms with Crippen molar-refractivity contribution in [3.63, 3.8) is 0 Å². The molecular formula is C21H14N4O2. The Bertz CT molecular complexity index is 1320. The topological polar surface area (TPSA) is 73.0 Å². The predicted molar refractivity (Wildman–Crippen MR) is 105 cm³/mol. The molecule has 0 saturated carbocycles. The molecule has 5 aromatic rings. The van der Waals surface area contributed by atoms with E-state index in [0.717, 1.165) is 11.1 Å². The van der Waals surface area contributed by atoms with Crippen LogP contribution in [0.15, 0.2) is 88.3 Å². The van der Waals surface area contributed by atoms with E-state index in [4.69, 9.17) is 4.52 Å². The van der Waals surface area contributed by atoms with E-state index in [0.29, 0.717) is 28.1 Å². The number of para-hydroxylation sites is 3. The van der Waals surface area contributed by atoms with E-state index in [2.05, 4.69) is 15.5 Å². The molecule has 0 unspecified atom stereocenters. The van der Waals surface area contributed by atoms with Crippen molar-refractivity contribution in [2.24, 2.45) is 0 Å². The van der Waals surface area contributed by atoms with E-state index in [1.54, 1.807) is 16.8 Å². The summed E-state index contributed by atoms with van der Waals surface area (Å²) in [6.07, 6.45) is 1.65. The van der Waals surface area contributed by atoms with Crippen molar-refractivity contribution in [1.29, 1.82) is 0 Å². The van der Waals surface area contributed by atoms with Gasteiger partial charge in [0.2, 0.25) is 5.95 Å². The molecule has 0 aliphatic rings. The fourth-order valence-electron chi connectivity index (χ4n) is 3.15. The molecule has 2 aromatic heterocycles. The van der Waals surface area contributed by atoms with Crippen LogP contribution >= 0.6 is 0 Å². The van der Waals surface area contributed by atoms with Crippen LogP contribution in [0, 0.1) is 0 Å². The lowest BCUT2D eigenvalue weighted by molar-refractivity contribution is 0.457. The van der Waals surface area contributed by atoms with Gasteiger partial charge in [-0.15, -0.1) is 0 Å². The smallest absolute Gasteiger partial charge is 0.267 e. The minimum absolute atomic E-state index is 0.140. The Morgan fingerprint density at radius 3 is 2.59 bits per heavy atom. The summed E-state index contributed by atoms with van der Waals surface area (Å²) in [6.45, 7) is 0. The monoisotopic (exact) mass is 354 g/mol. The van der Waals surface area contributed by atoms with E-state index in [9.17, 15) is 4.79 Å². The number of rotatable bonds is 3. The molecule has 0 spiro atoms. The number of fused-ring (bicyclic) bond motifs is 2. The number of benzene rings is 3. The van der Waals surface area contributed by atoms with Gasteiger partial charge in [0.25, 0.3) is 5.56 Å². The third-order valence-corrected chi connectivity index (χ3v) is 4.42. The molecule has 2 heterocycles. The molecule has 0 atom stereocenters. The van der Waals surface area contributed by atoms with Crippen LogP contribution in [0.3, 0.4) is 0 Å². The van der Waals surface area contributed by atoms with Crippen molar-refractivity contribution >= 4 is 33.5 Å². The third-order valence-electron chi connectivity index (χ3n) is 4.42. The first-order chi connectivity index (χ1) is 13.3. The predicted octanol–water partition coefficient (Wildman–Crippen LogP) is 4.27. The van der Waals surface area contributed by atoms with Crippen molar-refractivity contribution in [2.45, 2.75) is 0 Å². The molecule has 0 radical (unpaired) electrons. The first-order valence-electron chi connectivity index (χ1n) is 8.49. The Labute approximate surface area is 153 Å². The van der Waals surface area contributed by atoms with Gasteiger partial charge in [-0.3, -0.25) is 4.79 Å². The summed E-state index contributed by atoms with van der Waals surface area (Å²) >= 11 is 0. The highest BCUT2D eigenvalue weighted by atomic mass is 16.5. The van der Waals surface area contributed by atoms with E-state index in [1.807, 2.05) is 66.7 Å². The first-order valence-corrected chi connectivity index (χ1v) is 8.49. The molecule has 0 aliphatic carbocycles. The van der Waals surface area contributed by atoms with Gasteiger partial charge in [0.05, 0.1) is 28.5 Å². The average molecular weight is 354 g/mol. The molecule has 5 rings (SSSR count). The molecule has 0 aliphatic heterocycles. The lowest BCUT2D eigenvalue weighted by atomic mass is 10.2. The maximum atomic E-state index is 13.2. The second kappa shape index (κ2) is 6.10. The molecule has 1 N–H and O–H groups in total. The third kappa shape index (κ3) is 2.55. The van der Waals surface area contributed by atoms with Crippen LogP contribution in [-0.4, -0.2) is 14.7 Å². The standard InChI is InChI=1S/C21H14N4O2/c26-20-16-10-4-5-11-17(16)23-21(25(20)15-8-2-1-3-9-15)24-18-12-6-7-14-13-22-27-19(14)18/h1-13H,(H,23,24). The largest absolute Gasteiger partial charge is 0.354 e. The summed E-state index contributed by atoms with van der Waals surface area (Å²) in [5.41, 5.74) is 2.52. The zero-order chi connectivity index (χ0) is 18.2. The van der Waals surface area contributed by atoms with Gasteiger partial charge in [-0.25, -0.2) is 9.55 Å². The average Bonchev–Trinajstić information content (AvgIpc) is 3.19. The molecule has 0 bridgehead atoms. The van der Waals surface area contributed by atoms with Crippen LogP contribution in [0.4, 0.5) is 11.6 Å². The van der Waals surface area contributed by atoms with Crippen LogP contribution in [0.25, 0.3) is 27.6 Å². The van der Waals surface area contributed by atoms with Crippen LogP contribution in [0.5, 0.6) is 0 Å². The number of hydrogen-bond donors (Lipinski definition) is 1. The molecule has 6 heteroatoms. The highest BCUT2D eigenvalue weighted by Gasteiger charge is 2.14. The van der Waals surface area contributed by atoms with Gasteiger partial charge < -0.3 is 9.84 Å². The van der Waals surface area contributed by atoms with E-state index < -0.39 is 0 Å². The highest BCUT2D eigenvalue weighted by molar-refractivity contribution is 5.90. The Kier molecular flexibility index (Phi) is 3.47. The van der Waals surface area contributed by atoms with Crippen molar-refractivity contribution < 1.29 is 4.52 Å². The van der Waals surface area contributed by atoms with Crippen LogP contribution in [0.2, 0.25) is 0 Å². The normalized spacial score (nSPS) is 11.1. The van der Waals surface area contributed by atoms with Crippen LogP contribution in [0.1, 0.15) is 0 Å². The molecular weight excluding hydrogens is 340 g/mol. The number of hydrogen-bond acceptors (Lipinski definition) is 5. The summed E-state index contributed by atoms with van der Waals surface area (Å²) in [7, 11) is 0. The van der Waals surface area contributed by atoms with Gasteiger partial charge in [-0.1, -0.05) is 41.6 Å². The van der Waals surface area contributed by atoms with Gasteiger partial charge in [0, 0.05) is 5.39 Å². The first kappa shape index (κ1) is 15.3. The van der Waals surface area contributed by atoms with E-state index in [-0.39, 0.29) is 5.56 Å². The summed E-state index contributed by atoms with van der Waals surface area (Å²) in [5, 5.41) is 8.53. The zero-order valence-corrected chi connectivity index (χ0v) is 14.2. The fourth-order valence-corrected chi connectivity index (χ4v) is 3.15. The molecule has 27 heavy (non-hydrogen) atoms. The molecule has 6 nitrogen and oxygen atoms in total. The molecule has 0 saturated heterocycles. The number of nitrogens with zero attached hydrogens (tertiary/aromatic N) is 3. The van der Waals surface area contributed by atoms with Crippen molar-refractivity contribution in [3.8, 4) is 5.69 Å². The van der Waals surface area contributed by atoms with Crippen LogP contribution < -0.4 is 10.9 Å². The summed E-state index contributed by atoms with van der Waals surface area (Å²) in [5.74, 6) is 0.411. The minimum atomic E-state index is -0.140. The van der Waals surface area contributed by atoms with E-state index in [1.165, 1.54) is 0 Å². The van der Waals surface area contributed by atoms with Crippen molar-refractivity contribution in [3.05, 3.63) is 89.3 Å². The second-order valence-corrected chi connectivity index (χ2v) is 6.10. The zero-order valence-electron chi connectivity index (χ0n) is 14.2. The fraction of sp³-hybridized carbons (Fsp3) is 0. The number of nitrogens with one attached hydrogen (secondary N) is 1. The highest BCUT2D eigenvalue weighted by Crippen LogP contribution is 2.26.